The van der Waals surface area contributed by atoms with Crippen LogP contribution in [-0.4, -0.2) is 20.3 Å². The summed E-state index contributed by atoms with van der Waals surface area (Å²) in [6.45, 7) is 3.99. The molecule has 0 fully saturated rings. The fraction of sp³-hybridized carbons (Fsp3) is 0.235. The van der Waals surface area contributed by atoms with Gasteiger partial charge in [-0.3, -0.25) is 0 Å². The highest BCUT2D eigenvalue weighted by Crippen LogP contribution is 2.43. The molecule has 2 aromatic carbocycles. The van der Waals surface area contributed by atoms with Crippen LogP contribution >= 0.6 is 0 Å². The van der Waals surface area contributed by atoms with Gasteiger partial charge in [0.1, 0.15) is 23.4 Å². The van der Waals surface area contributed by atoms with Crippen LogP contribution < -0.4 is 14.2 Å². The highest BCUT2D eigenvalue weighted by molar-refractivity contribution is 5.78. The molecule has 0 aromatic heterocycles. The van der Waals surface area contributed by atoms with E-state index in [0.717, 1.165) is 34.8 Å². The number of benzene rings is 2. The van der Waals surface area contributed by atoms with Crippen LogP contribution in [0, 0.1) is 6.92 Å². The number of hydrogen-bond acceptors (Lipinski definition) is 3. The molecule has 0 amide bonds. The van der Waals surface area contributed by atoms with Crippen molar-refractivity contribution in [2.24, 2.45) is 0 Å². The van der Waals surface area contributed by atoms with Gasteiger partial charge in [-0.05, 0) is 30.7 Å². The molecule has 0 saturated carbocycles. The van der Waals surface area contributed by atoms with Crippen LogP contribution in [0.4, 0.5) is 0 Å². The summed E-state index contributed by atoms with van der Waals surface area (Å²) in [5.74, 6) is 2.50. The molecule has 1 atom stereocenters. The summed E-state index contributed by atoms with van der Waals surface area (Å²) in [6, 6.07) is 11.9. The maximum absolute atomic E-state index is 5.86. The molecule has 103 valence electrons. The molecule has 20 heavy (non-hydrogen) atoms. The molecule has 0 bridgehead atoms. The smallest absolute Gasteiger partial charge is 0.131 e. The Hall–Kier alpha value is -2.16. The molecule has 0 spiro atoms. The monoisotopic (exact) mass is 269 g/mol. The van der Waals surface area contributed by atoms with E-state index in [1.807, 2.05) is 30.3 Å². The van der Waals surface area contributed by atoms with Crippen molar-refractivity contribution < 1.29 is 14.2 Å². The predicted octanol–water partition coefficient (Wildman–Crippen LogP) is 3.51. The van der Waals surface area contributed by atoms with Gasteiger partial charge in [0, 0.05) is 17.5 Å². The summed E-state index contributed by atoms with van der Waals surface area (Å²) < 4.78 is 16.6. The topological polar surface area (TPSA) is 27.7 Å². The number of fused-ring (bicyclic) bond motifs is 1. The van der Waals surface area contributed by atoms with Gasteiger partial charge in [0.15, 0.2) is 0 Å². The van der Waals surface area contributed by atoms with Gasteiger partial charge in [0.25, 0.3) is 0 Å². The lowest BCUT2D eigenvalue weighted by Crippen LogP contribution is -2.06. The third-order valence-electron chi connectivity index (χ3n) is 3.53. The van der Waals surface area contributed by atoms with Crippen molar-refractivity contribution in [3.05, 3.63) is 48.9 Å². The van der Waals surface area contributed by atoms with Crippen molar-refractivity contribution in [2.75, 3.05) is 14.2 Å². The van der Waals surface area contributed by atoms with E-state index in [1.54, 1.807) is 14.2 Å². The Morgan fingerprint density at radius 2 is 1.95 bits per heavy atom. The average molecular weight is 269 g/mol. The Morgan fingerprint density at radius 1 is 1.10 bits per heavy atom. The van der Waals surface area contributed by atoms with E-state index in [-0.39, 0.29) is 6.10 Å². The van der Waals surface area contributed by atoms with E-state index in [9.17, 15) is 0 Å². The third kappa shape index (κ3) is 2.09. The number of ether oxygens (including phenoxy) is 3. The molecule has 1 radical (unpaired) electrons. The second-order valence-corrected chi connectivity index (χ2v) is 4.80. The first-order chi connectivity index (χ1) is 9.72. The van der Waals surface area contributed by atoms with Crippen molar-refractivity contribution in [3.63, 3.8) is 0 Å². The van der Waals surface area contributed by atoms with Crippen molar-refractivity contribution in [3.8, 4) is 28.4 Å². The molecular formula is C17H17O3. The Labute approximate surface area is 119 Å². The van der Waals surface area contributed by atoms with E-state index >= 15 is 0 Å². The molecule has 0 saturated heterocycles. The zero-order valence-electron chi connectivity index (χ0n) is 11.7. The summed E-state index contributed by atoms with van der Waals surface area (Å²) in [5, 5.41) is 0. The van der Waals surface area contributed by atoms with Crippen LogP contribution in [0.15, 0.2) is 36.4 Å². The fourth-order valence-electron chi connectivity index (χ4n) is 2.58. The zero-order chi connectivity index (χ0) is 14.1. The molecule has 1 aliphatic rings. The van der Waals surface area contributed by atoms with E-state index in [0.29, 0.717) is 0 Å². The van der Waals surface area contributed by atoms with Crippen LogP contribution in [0.1, 0.15) is 5.56 Å². The van der Waals surface area contributed by atoms with Gasteiger partial charge in [0.2, 0.25) is 0 Å². The lowest BCUT2D eigenvalue weighted by Gasteiger charge is -2.14. The third-order valence-corrected chi connectivity index (χ3v) is 3.53. The molecule has 0 N–H and O–H groups in total. The molecule has 1 aliphatic heterocycles. The highest BCUT2D eigenvalue weighted by atomic mass is 16.5. The molecule has 3 rings (SSSR count). The van der Waals surface area contributed by atoms with Crippen LogP contribution in [0.2, 0.25) is 0 Å². The first kappa shape index (κ1) is 12.9. The molecule has 3 heteroatoms. The average Bonchev–Trinajstić information content (AvgIpc) is 2.86. The molecule has 1 heterocycles. The number of rotatable bonds is 3. The SMILES string of the molecule is [CH2]C1Cc2cccc(-c3cc(OC)ccc3OC)c2O1. The second kappa shape index (κ2) is 5.08. The van der Waals surface area contributed by atoms with E-state index < -0.39 is 0 Å². The lowest BCUT2D eigenvalue weighted by molar-refractivity contribution is 0.282. The number of hydrogen-bond donors (Lipinski definition) is 0. The first-order valence-electron chi connectivity index (χ1n) is 6.57. The molecule has 3 nitrogen and oxygen atoms in total. The number of methoxy groups -OCH3 is 2. The van der Waals surface area contributed by atoms with E-state index in [1.165, 1.54) is 5.56 Å². The van der Waals surface area contributed by atoms with E-state index in [2.05, 4.69) is 13.0 Å². The molecule has 0 aliphatic carbocycles. The van der Waals surface area contributed by atoms with Crippen molar-refractivity contribution in [1.29, 1.82) is 0 Å². The summed E-state index contributed by atoms with van der Waals surface area (Å²) in [4.78, 5) is 0. The first-order valence-corrected chi connectivity index (χ1v) is 6.57. The minimum atomic E-state index is -0.0252. The van der Waals surface area contributed by atoms with Crippen LogP contribution in [0.25, 0.3) is 11.1 Å². The van der Waals surface area contributed by atoms with Gasteiger partial charge in [-0.15, -0.1) is 0 Å². The Balaban J connectivity index is 2.17. The van der Waals surface area contributed by atoms with Crippen LogP contribution in [0.3, 0.4) is 0 Å². The van der Waals surface area contributed by atoms with Gasteiger partial charge in [-0.2, -0.15) is 0 Å². The lowest BCUT2D eigenvalue weighted by atomic mass is 9.99. The van der Waals surface area contributed by atoms with Crippen molar-refractivity contribution >= 4 is 0 Å². The standard InChI is InChI=1S/C17H17O3/c1-11-9-12-5-4-6-14(17(12)20-11)15-10-13(18-2)7-8-16(15)19-3/h4-8,10-11H,1,9H2,2-3H3. The molecular weight excluding hydrogens is 252 g/mol. The van der Waals surface area contributed by atoms with Crippen LogP contribution in [0.5, 0.6) is 17.2 Å². The van der Waals surface area contributed by atoms with Gasteiger partial charge >= 0.3 is 0 Å². The summed E-state index contributed by atoms with van der Waals surface area (Å²) in [5.41, 5.74) is 3.18. The van der Waals surface area contributed by atoms with Crippen molar-refractivity contribution in [1.82, 2.24) is 0 Å². The number of para-hydroxylation sites is 1. The zero-order valence-corrected chi connectivity index (χ0v) is 11.7. The molecule has 1 unspecified atom stereocenters. The summed E-state index contributed by atoms with van der Waals surface area (Å²) in [7, 11) is 3.32. The maximum atomic E-state index is 5.86. The van der Waals surface area contributed by atoms with Gasteiger partial charge in [-0.1, -0.05) is 18.2 Å². The largest absolute Gasteiger partial charge is 0.497 e. The van der Waals surface area contributed by atoms with E-state index in [4.69, 9.17) is 14.2 Å². The molecule has 2 aromatic rings. The summed E-state index contributed by atoms with van der Waals surface area (Å²) >= 11 is 0. The maximum Gasteiger partial charge on any atom is 0.131 e. The quantitative estimate of drug-likeness (QED) is 0.853. The normalized spacial score (nSPS) is 16.4. The van der Waals surface area contributed by atoms with Gasteiger partial charge in [0.05, 0.1) is 14.2 Å². The van der Waals surface area contributed by atoms with Gasteiger partial charge < -0.3 is 14.2 Å². The Morgan fingerprint density at radius 3 is 2.70 bits per heavy atom. The van der Waals surface area contributed by atoms with Crippen molar-refractivity contribution in [2.45, 2.75) is 12.5 Å². The Kier molecular flexibility index (Phi) is 3.26. The highest BCUT2D eigenvalue weighted by Gasteiger charge is 2.23. The van der Waals surface area contributed by atoms with Crippen LogP contribution in [-0.2, 0) is 6.42 Å². The van der Waals surface area contributed by atoms with Gasteiger partial charge in [-0.25, -0.2) is 0 Å². The summed E-state index contributed by atoms with van der Waals surface area (Å²) in [6.07, 6.45) is 0.817. The minimum absolute atomic E-state index is 0.0252. The Bertz CT molecular complexity index is 634. The fourth-order valence-corrected chi connectivity index (χ4v) is 2.58. The second-order valence-electron chi connectivity index (χ2n) is 4.80. The minimum Gasteiger partial charge on any atom is -0.497 e. The predicted molar refractivity (Wildman–Crippen MR) is 78.5 cm³/mol.